The average Bonchev–Trinajstić information content (AvgIpc) is 3.14. The van der Waals surface area contributed by atoms with Crippen molar-refractivity contribution in [2.24, 2.45) is 0 Å². The van der Waals surface area contributed by atoms with Gasteiger partial charge >= 0.3 is 19.8 Å². The second-order valence-electron chi connectivity index (χ2n) is 14.1. The summed E-state index contributed by atoms with van der Waals surface area (Å²) < 4.78 is 32.5. The number of aliphatic hydroxyl groups is 2. The summed E-state index contributed by atoms with van der Waals surface area (Å²) >= 11 is 0. The van der Waals surface area contributed by atoms with Gasteiger partial charge in [-0.2, -0.15) is 0 Å². The quantitative estimate of drug-likeness (QED) is 0.0138. The number of hydrogen-bond donors (Lipinski definition) is 3. The van der Waals surface area contributed by atoms with Gasteiger partial charge in [0.25, 0.3) is 0 Å². The maximum Gasteiger partial charge on any atom is 0.472 e. The standard InChI is InChI=1S/C42H77O10P/c1-3-5-7-9-11-13-15-17-19-21-23-25-27-29-31-33-41(45)49-37-40(38-51-53(47,48)50-36-39(44)35-43)52-42(46)34-32-30-28-26-24-22-20-18-16-14-12-10-8-6-4-2/h10,12,27,29,31,33,39-40,43-44H,3-9,11,13-26,28,30,32,34-38H2,1-2H3,(H,47,48)/b12-10+,29-27+,33-31+/t39-,40+/m0/s1. The van der Waals surface area contributed by atoms with Crippen LogP contribution in [0.3, 0.4) is 0 Å². The molecule has 0 spiro atoms. The highest BCUT2D eigenvalue weighted by Crippen LogP contribution is 2.43. The van der Waals surface area contributed by atoms with E-state index in [1.54, 1.807) is 12.2 Å². The molecule has 0 aliphatic rings. The predicted molar refractivity (Wildman–Crippen MR) is 214 cm³/mol. The van der Waals surface area contributed by atoms with Gasteiger partial charge in [-0.15, -0.1) is 0 Å². The van der Waals surface area contributed by atoms with E-state index in [1.807, 2.05) is 6.08 Å². The molecule has 310 valence electrons. The van der Waals surface area contributed by atoms with Crippen molar-refractivity contribution in [2.45, 2.75) is 193 Å². The molecular formula is C42H77O10P. The molecule has 0 aromatic heterocycles. The minimum absolute atomic E-state index is 0.163. The van der Waals surface area contributed by atoms with Crippen LogP contribution in [0, 0.1) is 0 Å². The van der Waals surface area contributed by atoms with Crippen LogP contribution in [0.1, 0.15) is 181 Å². The first-order valence-corrected chi connectivity index (χ1v) is 22.5. The molecule has 11 heteroatoms. The maximum atomic E-state index is 12.6. The lowest BCUT2D eigenvalue weighted by Gasteiger charge is -2.20. The molecule has 1 unspecified atom stereocenters. The van der Waals surface area contributed by atoms with Crippen LogP contribution in [0.25, 0.3) is 0 Å². The molecule has 0 bridgehead atoms. The van der Waals surface area contributed by atoms with Crippen LogP contribution in [0.5, 0.6) is 0 Å². The minimum Gasteiger partial charge on any atom is -0.458 e. The van der Waals surface area contributed by atoms with Gasteiger partial charge in [0.05, 0.1) is 19.8 Å². The van der Waals surface area contributed by atoms with Crippen LogP contribution in [0.2, 0.25) is 0 Å². The Morgan fingerprint density at radius 1 is 0.604 bits per heavy atom. The molecule has 0 heterocycles. The summed E-state index contributed by atoms with van der Waals surface area (Å²) in [6.07, 6.45) is 38.8. The molecule has 0 radical (unpaired) electrons. The Kier molecular flexibility index (Phi) is 37.2. The molecule has 0 amide bonds. The molecule has 3 N–H and O–H groups in total. The van der Waals surface area contributed by atoms with Gasteiger partial charge in [-0.3, -0.25) is 13.8 Å². The number of rotatable bonds is 39. The number of phosphoric ester groups is 1. The van der Waals surface area contributed by atoms with Gasteiger partial charge in [-0.25, -0.2) is 9.36 Å². The van der Waals surface area contributed by atoms with Gasteiger partial charge in [0.15, 0.2) is 6.10 Å². The fourth-order valence-electron chi connectivity index (χ4n) is 5.59. The zero-order valence-corrected chi connectivity index (χ0v) is 34.4. The third-order valence-electron chi connectivity index (χ3n) is 8.87. The van der Waals surface area contributed by atoms with E-state index >= 15 is 0 Å². The van der Waals surface area contributed by atoms with E-state index in [1.165, 1.54) is 128 Å². The summed E-state index contributed by atoms with van der Waals surface area (Å²) in [6, 6.07) is 0. The summed E-state index contributed by atoms with van der Waals surface area (Å²) in [7, 11) is -4.63. The summed E-state index contributed by atoms with van der Waals surface area (Å²) in [5, 5.41) is 18.3. The zero-order chi connectivity index (χ0) is 39.1. The smallest absolute Gasteiger partial charge is 0.458 e. The van der Waals surface area contributed by atoms with Crippen LogP contribution in [-0.2, 0) is 32.7 Å². The van der Waals surface area contributed by atoms with E-state index in [0.29, 0.717) is 6.42 Å². The molecule has 0 rings (SSSR count). The number of phosphoric acid groups is 1. The normalized spacial score (nSPS) is 14.3. The lowest BCUT2D eigenvalue weighted by molar-refractivity contribution is -0.159. The molecule has 3 atom stereocenters. The zero-order valence-electron chi connectivity index (χ0n) is 33.5. The lowest BCUT2D eigenvalue weighted by atomic mass is 10.1. The van der Waals surface area contributed by atoms with E-state index in [2.05, 4.69) is 30.5 Å². The second-order valence-corrected chi connectivity index (χ2v) is 15.5. The summed E-state index contributed by atoms with van der Waals surface area (Å²) in [6.45, 7) is 2.22. The number of carbonyl (C=O) groups excluding carboxylic acids is 2. The minimum atomic E-state index is -4.63. The Labute approximate surface area is 322 Å². The van der Waals surface area contributed by atoms with Gasteiger partial charge in [0, 0.05) is 12.5 Å². The van der Waals surface area contributed by atoms with E-state index in [9.17, 15) is 24.2 Å². The van der Waals surface area contributed by atoms with E-state index < -0.39 is 51.8 Å². The van der Waals surface area contributed by atoms with Crippen molar-refractivity contribution in [3.8, 4) is 0 Å². The fourth-order valence-corrected chi connectivity index (χ4v) is 6.38. The van der Waals surface area contributed by atoms with E-state index in [4.69, 9.17) is 19.1 Å². The van der Waals surface area contributed by atoms with E-state index in [0.717, 1.165) is 32.1 Å². The Morgan fingerprint density at radius 3 is 1.62 bits per heavy atom. The van der Waals surface area contributed by atoms with Crippen LogP contribution in [0.15, 0.2) is 36.5 Å². The topological polar surface area (TPSA) is 149 Å². The molecule has 0 aliphatic carbocycles. The van der Waals surface area contributed by atoms with E-state index in [-0.39, 0.29) is 13.0 Å². The Bertz CT molecular complexity index is 983. The largest absolute Gasteiger partial charge is 0.472 e. The van der Waals surface area contributed by atoms with Gasteiger partial charge in [0.1, 0.15) is 12.7 Å². The number of ether oxygens (including phenoxy) is 2. The molecule has 0 aliphatic heterocycles. The Balaban J connectivity index is 4.41. The van der Waals surface area contributed by atoms with Crippen molar-refractivity contribution in [3.05, 3.63) is 36.5 Å². The third-order valence-corrected chi connectivity index (χ3v) is 9.82. The van der Waals surface area contributed by atoms with Crippen molar-refractivity contribution < 1.29 is 47.8 Å². The van der Waals surface area contributed by atoms with Crippen LogP contribution >= 0.6 is 7.82 Å². The third kappa shape index (κ3) is 38.3. The predicted octanol–water partition coefficient (Wildman–Crippen LogP) is 10.8. The molecule has 0 saturated heterocycles. The monoisotopic (exact) mass is 773 g/mol. The number of unbranched alkanes of at least 4 members (excludes halogenated alkanes) is 22. The highest BCUT2D eigenvalue weighted by Gasteiger charge is 2.27. The molecule has 53 heavy (non-hydrogen) atoms. The Hall–Kier alpha value is -1.81. The fraction of sp³-hybridized carbons (Fsp3) is 0.810. The van der Waals surface area contributed by atoms with Crippen LogP contribution < -0.4 is 0 Å². The van der Waals surface area contributed by atoms with Crippen LogP contribution in [-0.4, -0.2) is 65.7 Å². The number of carbonyl (C=O) groups is 2. The first-order chi connectivity index (χ1) is 25.7. The van der Waals surface area contributed by atoms with Gasteiger partial charge < -0.3 is 24.6 Å². The van der Waals surface area contributed by atoms with Gasteiger partial charge in [-0.1, -0.05) is 166 Å². The second kappa shape index (κ2) is 38.5. The number of hydrogen-bond acceptors (Lipinski definition) is 9. The lowest BCUT2D eigenvalue weighted by Crippen LogP contribution is -2.29. The first-order valence-electron chi connectivity index (χ1n) is 21.0. The molecule has 0 aromatic rings. The van der Waals surface area contributed by atoms with Crippen molar-refractivity contribution >= 4 is 19.8 Å². The first kappa shape index (κ1) is 51.2. The molecule has 10 nitrogen and oxygen atoms in total. The van der Waals surface area contributed by atoms with Gasteiger partial charge in [-0.05, 0) is 38.5 Å². The van der Waals surface area contributed by atoms with Crippen molar-refractivity contribution in [1.82, 2.24) is 0 Å². The summed E-state index contributed by atoms with van der Waals surface area (Å²) in [5.74, 6) is -1.18. The van der Waals surface area contributed by atoms with Gasteiger partial charge in [0.2, 0.25) is 0 Å². The van der Waals surface area contributed by atoms with Crippen LogP contribution in [0.4, 0.5) is 0 Å². The molecule has 0 fully saturated rings. The average molecular weight is 773 g/mol. The highest BCUT2D eigenvalue weighted by molar-refractivity contribution is 7.47. The molecular weight excluding hydrogens is 695 g/mol. The summed E-state index contributed by atoms with van der Waals surface area (Å²) in [4.78, 5) is 34.8. The SMILES string of the molecule is CCCC/C=C/CCCCCCCCCCCC(=O)O[C@H](COC(=O)/C=C/C=C/CCCCCCCCCCCCC)COP(=O)(O)OC[C@@H](O)CO. The Morgan fingerprint density at radius 2 is 1.08 bits per heavy atom. The molecule has 0 aromatic carbocycles. The molecule has 0 saturated carbocycles. The number of aliphatic hydroxyl groups excluding tert-OH is 2. The van der Waals surface area contributed by atoms with Crippen molar-refractivity contribution in [3.63, 3.8) is 0 Å². The number of esters is 2. The van der Waals surface area contributed by atoms with Crippen molar-refractivity contribution in [1.29, 1.82) is 0 Å². The highest BCUT2D eigenvalue weighted by atomic mass is 31.2. The summed E-state index contributed by atoms with van der Waals surface area (Å²) in [5.41, 5.74) is 0. The maximum absolute atomic E-state index is 12.6. The van der Waals surface area contributed by atoms with Crippen molar-refractivity contribution in [2.75, 3.05) is 26.4 Å². The number of allylic oxidation sites excluding steroid dienone is 5.